The van der Waals surface area contributed by atoms with Crippen LogP contribution in [-0.4, -0.2) is 56.9 Å². The zero-order valence-corrected chi connectivity index (χ0v) is 13.7. The zero-order valence-electron chi connectivity index (χ0n) is 13.7. The van der Waals surface area contributed by atoms with Gasteiger partial charge in [0.15, 0.2) is 0 Å². The molecule has 3 amide bonds. The molecule has 0 aliphatic carbocycles. The van der Waals surface area contributed by atoms with Crippen LogP contribution < -0.4 is 22.1 Å². The molecule has 11 nitrogen and oxygen atoms in total. The lowest BCUT2D eigenvalue weighted by Gasteiger charge is -2.21. The van der Waals surface area contributed by atoms with Crippen molar-refractivity contribution in [2.45, 2.75) is 44.3 Å². The van der Waals surface area contributed by atoms with Crippen LogP contribution in [-0.2, 0) is 25.6 Å². The number of H-pyrrole nitrogens is 1. The lowest BCUT2D eigenvalue weighted by Crippen LogP contribution is -2.54. The molecule has 0 saturated carbocycles. The summed E-state index contributed by atoms with van der Waals surface area (Å²) in [6.07, 6.45) is 2.89. The van der Waals surface area contributed by atoms with Crippen LogP contribution in [0, 0.1) is 0 Å². The Kier molecular flexibility index (Phi) is 7.53. The third-order valence-corrected chi connectivity index (χ3v) is 3.37. The van der Waals surface area contributed by atoms with Gasteiger partial charge in [0.25, 0.3) is 0 Å². The Morgan fingerprint density at radius 3 is 2.48 bits per heavy atom. The van der Waals surface area contributed by atoms with E-state index in [0.717, 1.165) is 0 Å². The molecule has 8 N–H and O–H groups in total. The predicted octanol–water partition coefficient (Wildman–Crippen LogP) is -2.38. The fraction of sp³-hybridized carbons (Fsp3) is 0.500. The smallest absolute Gasteiger partial charge is 0.325 e. The second-order valence-corrected chi connectivity index (χ2v) is 5.52. The lowest BCUT2D eigenvalue weighted by atomic mass is 10.1. The number of carboxylic acid groups (broad SMARTS) is 1. The first-order chi connectivity index (χ1) is 11.7. The van der Waals surface area contributed by atoms with E-state index in [1.807, 2.05) is 0 Å². The fourth-order valence-corrected chi connectivity index (χ4v) is 1.94. The molecule has 3 unspecified atom stereocenters. The highest BCUT2D eigenvalue weighted by Crippen LogP contribution is 2.02. The number of rotatable bonds is 10. The number of imidazole rings is 1. The van der Waals surface area contributed by atoms with E-state index in [2.05, 4.69) is 20.6 Å². The van der Waals surface area contributed by atoms with Crippen molar-refractivity contribution in [2.24, 2.45) is 11.5 Å². The second kappa shape index (κ2) is 9.37. The number of carbonyl (C=O) groups excluding carboxylic acids is 3. The number of aromatic nitrogens is 2. The number of nitrogens with two attached hydrogens (primary N) is 2. The molecule has 25 heavy (non-hydrogen) atoms. The molecule has 1 aromatic heterocycles. The quantitative estimate of drug-likeness (QED) is 0.270. The monoisotopic (exact) mass is 354 g/mol. The van der Waals surface area contributed by atoms with E-state index in [0.29, 0.717) is 5.69 Å². The van der Waals surface area contributed by atoms with Crippen LogP contribution in [0.15, 0.2) is 12.5 Å². The van der Waals surface area contributed by atoms with Gasteiger partial charge in [-0.15, -0.1) is 0 Å². The van der Waals surface area contributed by atoms with Gasteiger partial charge in [0, 0.05) is 24.7 Å². The number of hydrogen-bond acceptors (Lipinski definition) is 6. The number of carboxylic acids is 1. The average Bonchev–Trinajstić information content (AvgIpc) is 3.03. The Morgan fingerprint density at radius 1 is 1.28 bits per heavy atom. The minimum Gasteiger partial charge on any atom is -0.480 e. The molecule has 3 atom stereocenters. The van der Waals surface area contributed by atoms with Crippen LogP contribution in [0.2, 0.25) is 0 Å². The number of aromatic amines is 1. The van der Waals surface area contributed by atoms with Crippen molar-refractivity contribution < 1.29 is 24.3 Å². The number of nitrogens with one attached hydrogen (secondary N) is 3. The molecule has 1 heterocycles. The maximum atomic E-state index is 12.2. The molecule has 0 radical (unpaired) electrons. The number of aliphatic carboxylic acids is 1. The van der Waals surface area contributed by atoms with E-state index in [1.165, 1.54) is 19.4 Å². The van der Waals surface area contributed by atoms with Crippen molar-refractivity contribution in [2.75, 3.05) is 0 Å². The predicted molar refractivity (Wildman–Crippen MR) is 85.9 cm³/mol. The number of amides is 3. The van der Waals surface area contributed by atoms with Crippen molar-refractivity contribution in [3.05, 3.63) is 18.2 Å². The highest BCUT2D eigenvalue weighted by atomic mass is 16.4. The molecular formula is C14H22N6O5. The maximum absolute atomic E-state index is 12.2. The van der Waals surface area contributed by atoms with Crippen LogP contribution >= 0.6 is 0 Å². The minimum absolute atomic E-state index is 0.0734. The third kappa shape index (κ3) is 6.99. The molecule has 0 aliphatic rings. The van der Waals surface area contributed by atoms with Crippen LogP contribution in [0.5, 0.6) is 0 Å². The summed E-state index contributed by atoms with van der Waals surface area (Å²) in [5, 5.41) is 13.5. The van der Waals surface area contributed by atoms with Gasteiger partial charge in [-0.1, -0.05) is 0 Å². The lowest BCUT2D eigenvalue weighted by molar-refractivity contribution is -0.141. The summed E-state index contributed by atoms with van der Waals surface area (Å²) in [5.74, 6) is -3.25. The topological polar surface area (TPSA) is 193 Å². The Labute approximate surface area is 143 Å². The van der Waals surface area contributed by atoms with Crippen LogP contribution in [0.1, 0.15) is 25.5 Å². The van der Waals surface area contributed by atoms with E-state index in [-0.39, 0.29) is 19.3 Å². The van der Waals surface area contributed by atoms with Gasteiger partial charge in [0.05, 0.1) is 12.4 Å². The Bertz CT molecular complexity index is 617. The first kappa shape index (κ1) is 20.1. The summed E-state index contributed by atoms with van der Waals surface area (Å²) >= 11 is 0. The summed E-state index contributed by atoms with van der Waals surface area (Å²) in [7, 11) is 0. The molecule has 0 fully saturated rings. The van der Waals surface area contributed by atoms with Gasteiger partial charge in [0.2, 0.25) is 17.7 Å². The molecule has 0 saturated heterocycles. The van der Waals surface area contributed by atoms with E-state index in [1.54, 1.807) is 0 Å². The summed E-state index contributed by atoms with van der Waals surface area (Å²) in [5.41, 5.74) is 11.5. The minimum atomic E-state index is -1.23. The van der Waals surface area contributed by atoms with Gasteiger partial charge in [-0.2, -0.15) is 0 Å². The standard InChI is InChI=1S/C14H22N6O5/c1-7(14(24)25)19-13(23)10(2-3-11(16)21)20-12(22)9(15)4-8-5-17-6-18-8/h5-7,9-10H,2-4,15H2,1H3,(H2,16,21)(H,17,18)(H,19,23)(H,20,22)(H,24,25). The zero-order chi connectivity index (χ0) is 19.0. The van der Waals surface area contributed by atoms with E-state index in [4.69, 9.17) is 16.6 Å². The second-order valence-electron chi connectivity index (χ2n) is 5.52. The number of primary amides is 1. The fourth-order valence-electron chi connectivity index (χ4n) is 1.94. The van der Waals surface area contributed by atoms with Crippen LogP contribution in [0.3, 0.4) is 0 Å². The molecule has 1 rings (SSSR count). The van der Waals surface area contributed by atoms with Crippen LogP contribution in [0.4, 0.5) is 0 Å². The highest BCUT2D eigenvalue weighted by molar-refractivity contribution is 5.92. The van der Waals surface area contributed by atoms with Crippen molar-refractivity contribution in [3.8, 4) is 0 Å². The molecule has 1 aromatic rings. The average molecular weight is 354 g/mol. The molecule has 0 aliphatic heterocycles. The Morgan fingerprint density at radius 2 is 1.96 bits per heavy atom. The van der Waals surface area contributed by atoms with Crippen molar-refractivity contribution in [3.63, 3.8) is 0 Å². The molecule has 138 valence electrons. The van der Waals surface area contributed by atoms with Crippen molar-refractivity contribution in [1.29, 1.82) is 0 Å². The highest BCUT2D eigenvalue weighted by Gasteiger charge is 2.26. The number of nitrogens with zero attached hydrogens (tertiary/aromatic N) is 1. The third-order valence-electron chi connectivity index (χ3n) is 3.37. The van der Waals surface area contributed by atoms with E-state index < -0.39 is 41.8 Å². The van der Waals surface area contributed by atoms with E-state index in [9.17, 15) is 19.2 Å². The summed E-state index contributed by atoms with van der Waals surface area (Å²) < 4.78 is 0. The Hall–Kier alpha value is -2.95. The molecule has 0 aromatic carbocycles. The number of carbonyl (C=O) groups is 4. The Balaban J connectivity index is 2.70. The molecule has 11 heteroatoms. The summed E-state index contributed by atoms with van der Waals surface area (Å²) in [6, 6.07) is -3.24. The van der Waals surface area contributed by atoms with Gasteiger partial charge in [-0.25, -0.2) is 4.98 Å². The largest absolute Gasteiger partial charge is 0.480 e. The van der Waals surface area contributed by atoms with E-state index >= 15 is 0 Å². The first-order valence-corrected chi connectivity index (χ1v) is 7.55. The molecule has 0 spiro atoms. The van der Waals surface area contributed by atoms with Gasteiger partial charge >= 0.3 is 5.97 Å². The van der Waals surface area contributed by atoms with Gasteiger partial charge < -0.3 is 32.2 Å². The van der Waals surface area contributed by atoms with Gasteiger partial charge in [0.1, 0.15) is 12.1 Å². The van der Waals surface area contributed by atoms with Crippen LogP contribution in [0.25, 0.3) is 0 Å². The van der Waals surface area contributed by atoms with Crippen molar-refractivity contribution in [1.82, 2.24) is 20.6 Å². The van der Waals surface area contributed by atoms with Crippen molar-refractivity contribution >= 4 is 23.7 Å². The maximum Gasteiger partial charge on any atom is 0.325 e. The first-order valence-electron chi connectivity index (χ1n) is 7.55. The summed E-state index contributed by atoms with van der Waals surface area (Å²) in [6.45, 7) is 1.27. The molecular weight excluding hydrogens is 332 g/mol. The SMILES string of the molecule is CC(NC(=O)C(CCC(N)=O)NC(=O)C(N)Cc1cnc[nH]1)C(=O)O. The number of hydrogen-bond donors (Lipinski definition) is 6. The summed E-state index contributed by atoms with van der Waals surface area (Å²) in [4.78, 5) is 52.7. The molecule has 0 bridgehead atoms. The van der Waals surface area contributed by atoms with Gasteiger partial charge in [-0.05, 0) is 13.3 Å². The normalized spacial score (nSPS) is 14.2. The van der Waals surface area contributed by atoms with Gasteiger partial charge in [-0.3, -0.25) is 19.2 Å².